The van der Waals surface area contributed by atoms with Gasteiger partial charge in [-0.25, -0.2) is 0 Å². The van der Waals surface area contributed by atoms with Crippen LogP contribution in [0.3, 0.4) is 0 Å². The first-order valence-electron chi connectivity index (χ1n) is 2.40. The van der Waals surface area contributed by atoms with Crippen molar-refractivity contribution in [2.45, 2.75) is 13.8 Å². The minimum absolute atomic E-state index is 0.306. The van der Waals surface area contributed by atoms with Crippen LogP contribution in [0, 0.1) is 17.8 Å². The summed E-state index contributed by atoms with van der Waals surface area (Å²) in [5.74, 6) is 4.55. The quantitative estimate of drug-likeness (QED) is 0.480. The van der Waals surface area contributed by atoms with Crippen LogP contribution in [0.15, 0.2) is 0 Å². The molecule has 2 nitrogen and oxygen atoms in total. The number of hydrogen-bond acceptors (Lipinski definition) is 1. The van der Waals surface area contributed by atoms with Gasteiger partial charge in [0, 0.05) is 0 Å². The molecule has 0 spiro atoms. The van der Waals surface area contributed by atoms with Crippen LogP contribution in [0.25, 0.3) is 0 Å². The van der Waals surface area contributed by atoms with E-state index in [4.69, 9.17) is 5.73 Å². The molecule has 0 aromatic carbocycles. The highest BCUT2D eigenvalue weighted by atomic mass is 16.1. The van der Waals surface area contributed by atoms with E-state index < -0.39 is 0 Å². The molecule has 0 aliphatic heterocycles. The van der Waals surface area contributed by atoms with Gasteiger partial charge in [-0.15, -0.1) is 5.92 Å². The molecule has 0 rings (SSSR count). The predicted molar refractivity (Wildman–Crippen MR) is 31.8 cm³/mol. The highest BCUT2D eigenvalue weighted by Gasteiger charge is 2.00. The number of carbonyl (C=O) groups is 1. The van der Waals surface area contributed by atoms with E-state index in [-0.39, 0.29) is 11.8 Å². The van der Waals surface area contributed by atoms with Crippen molar-refractivity contribution in [1.82, 2.24) is 0 Å². The molecule has 0 radical (unpaired) electrons. The van der Waals surface area contributed by atoms with E-state index in [0.717, 1.165) is 0 Å². The largest absolute Gasteiger partial charge is 0.369 e. The fraction of sp³-hybridized carbons (Fsp3) is 0.500. The Hall–Kier alpha value is -0.970. The summed E-state index contributed by atoms with van der Waals surface area (Å²) in [5, 5.41) is 0. The van der Waals surface area contributed by atoms with Gasteiger partial charge in [0.1, 0.15) is 0 Å². The first kappa shape index (κ1) is 7.03. The normalized spacial score (nSPS) is 11.2. The predicted octanol–water partition coefficient (Wildman–Crippen LogP) is 0.131. The lowest BCUT2D eigenvalue weighted by atomic mass is 10.2. The van der Waals surface area contributed by atoms with Gasteiger partial charge in [0.15, 0.2) is 0 Å². The summed E-state index contributed by atoms with van der Waals surface area (Å²) in [7, 11) is 0. The van der Waals surface area contributed by atoms with Crippen LogP contribution in [0.1, 0.15) is 13.8 Å². The van der Waals surface area contributed by atoms with Crippen LogP contribution < -0.4 is 5.73 Å². The summed E-state index contributed by atoms with van der Waals surface area (Å²) < 4.78 is 0. The Labute approximate surface area is 49.1 Å². The Morgan fingerprint density at radius 3 is 2.38 bits per heavy atom. The molecule has 8 heavy (non-hydrogen) atoms. The van der Waals surface area contributed by atoms with Gasteiger partial charge in [0.05, 0.1) is 5.92 Å². The second kappa shape index (κ2) is 3.09. The van der Waals surface area contributed by atoms with Crippen molar-refractivity contribution < 1.29 is 4.79 Å². The van der Waals surface area contributed by atoms with E-state index in [1.807, 2.05) is 0 Å². The SMILES string of the molecule is CC#CC(C)C(N)=O. The van der Waals surface area contributed by atoms with Gasteiger partial charge in [0.2, 0.25) is 5.91 Å². The van der Waals surface area contributed by atoms with Gasteiger partial charge < -0.3 is 5.73 Å². The summed E-state index contributed by atoms with van der Waals surface area (Å²) in [6.45, 7) is 3.36. The molecule has 1 unspecified atom stereocenters. The Balaban J connectivity index is 3.77. The second-order valence-electron chi connectivity index (χ2n) is 1.52. The van der Waals surface area contributed by atoms with Crippen molar-refractivity contribution in [2.24, 2.45) is 11.7 Å². The zero-order valence-corrected chi connectivity index (χ0v) is 5.06. The van der Waals surface area contributed by atoms with E-state index in [9.17, 15) is 4.79 Å². The monoisotopic (exact) mass is 111 g/mol. The number of rotatable bonds is 1. The molecule has 2 heteroatoms. The summed E-state index contributed by atoms with van der Waals surface area (Å²) in [5.41, 5.74) is 4.88. The van der Waals surface area contributed by atoms with Gasteiger partial charge in [-0.1, -0.05) is 5.92 Å². The summed E-state index contributed by atoms with van der Waals surface area (Å²) in [6, 6.07) is 0. The Kier molecular flexibility index (Phi) is 2.71. The molecule has 0 saturated heterocycles. The Morgan fingerprint density at radius 2 is 2.25 bits per heavy atom. The van der Waals surface area contributed by atoms with Gasteiger partial charge in [-0.05, 0) is 13.8 Å². The van der Waals surface area contributed by atoms with Crippen molar-refractivity contribution >= 4 is 5.91 Å². The summed E-state index contributed by atoms with van der Waals surface area (Å²) in [6.07, 6.45) is 0. The van der Waals surface area contributed by atoms with Crippen LogP contribution >= 0.6 is 0 Å². The third kappa shape index (κ3) is 2.25. The molecule has 44 valence electrons. The molecular formula is C6H9NO. The molecular weight excluding hydrogens is 102 g/mol. The maximum atomic E-state index is 10.2. The molecule has 0 aromatic heterocycles. The molecule has 0 bridgehead atoms. The maximum Gasteiger partial charge on any atom is 0.232 e. The second-order valence-corrected chi connectivity index (χ2v) is 1.52. The average molecular weight is 111 g/mol. The third-order valence-electron chi connectivity index (χ3n) is 0.788. The number of primary amides is 1. The van der Waals surface area contributed by atoms with Gasteiger partial charge >= 0.3 is 0 Å². The van der Waals surface area contributed by atoms with Crippen molar-refractivity contribution in [2.75, 3.05) is 0 Å². The van der Waals surface area contributed by atoms with E-state index >= 15 is 0 Å². The molecule has 0 aliphatic rings. The Bertz CT molecular complexity index is 140. The zero-order chi connectivity index (χ0) is 6.57. The average Bonchev–Trinajstić information content (AvgIpc) is 1.67. The van der Waals surface area contributed by atoms with Crippen LogP contribution in [0.4, 0.5) is 0 Å². The van der Waals surface area contributed by atoms with Crippen LogP contribution in [-0.2, 0) is 4.79 Å². The number of hydrogen-bond donors (Lipinski definition) is 1. The summed E-state index contributed by atoms with van der Waals surface area (Å²) in [4.78, 5) is 10.2. The molecule has 0 heterocycles. The lowest BCUT2D eigenvalue weighted by molar-refractivity contribution is -0.119. The lowest BCUT2D eigenvalue weighted by Gasteiger charge is -1.91. The molecule has 0 saturated carbocycles. The minimum atomic E-state index is -0.362. The van der Waals surface area contributed by atoms with Gasteiger partial charge in [-0.2, -0.15) is 0 Å². The topological polar surface area (TPSA) is 43.1 Å². The standard InChI is InChI=1S/C6H9NO/c1-3-4-5(2)6(7)8/h5H,1-2H3,(H2,7,8). The van der Waals surface area contributed by atoms with E-state index in [2.05, 4.69) is 11.8 Å². The lowest BCUT2D eigenvalue weighted by Crippen LogP contribution is -2.18. The summed E-state index contributed by atoms with van der Waals surface area (Å²) >= 11 is 0. The van der Waals surface area contributed by atoms with Gasteiger partial charge in [-0.3, -0.25) is 4.79 Å². The highest BCUT2D eigenvalue weighted by molar-refractivity contribution is 5.79. The molecule has 2 N–H and O–H groups in total. The first-order chi connectivity index (χ1) is 3.68. The van der Waals surface area contributed by atoms with E-state index in [1.165, 1.54) is 0 Å². The van der Waals surface area contributed by atoms with Crippen molar-refractivity contribution in [3.63, 3.8) is 0 Å². The molecule has 0 aliphatic carbocycles. The van der Waals surface area contributed by atoms with E-state index in [0.29, 0.717) is 0 Å². The van der Waals surface area contributed by atoms with Crippen LogP contribution in [-0.4, -0.2) is 5.91 Å². The van der Waals surface area contributed by atoms with Crippen molar-refractivity contribution in [1.29, 1.82) is 0 Å². The fourth-order valence-electron chi connectivity index (χ4n) is 0.288. The molecule has 1 atom stereocenters. The maximum absolute atomic E-state index is 10.2. The highest BCUT2D eigenvalue weighted by Crippen LogP contribution is 1.86. The van der Waals surface area contributed by atoms with Crippen molar-refractivity contribution in [3.8, 4) is 11.8 Å². The smallest absolute Gasteiger partial charge is 0.232 e. The first-order valence-corrected chi connectivity index (χ1v) is 2.40. The van der Waals surface area contributed by atoms with Crippen LogP contribution in [0.5, 0.6) is 0 Å². The molecule has 0 fully saturated rings. The zero-order valence-electron chi connectivity index (χ0n) is 5.06. The third-order valence-corrected chi connectivity index (χ3v) is 0.788. The number of amides is 1. The van der Waals surface area contributed by atoms with E-state index in [1.54, 1.807) is 13.8 Å². The van der Waals surface area contributed by atoms with Gasteiger partial charge in [0.25, 0.3) is 0 Å². The Morgan fingerprint density at radius 1 is 1.75 bits per heavy atom. The number of nitrogens with two attached hydrogens (primary N) is 1. The molecule has 1 amide bonds. The molecule has 0 aromatic rings. The minimum Gasteiger partial charge on any atom is -0.369 e. The van der Waals surface area contributed by atoms with Crippen LogP contribution in [0.2, 0.25) is 0 Å². The van der Waals surface area contributed by atoms with Crippen molar-refractivity contribution in [3.05, 3.63) is 0 Å². The fourth-order valence-corrected chi connectivity index (χ4v) is 0.288. The number of carbonyl (C=O) groups excluding carboxylic acids is 1.